The molecule has 0 aromatic rings. The van der Waals surface area contributed by atoms with Gasteiger partial charge in [-0.1, -0.05) is 13.8 Å². The van der Waals surface area contributed by atoms with Gasteiger partial charge in [-0.05, 0) is 0 Å². The minimum Gasteiger partial charge on any atom is -0.294 e. The average Bonchev–Trinajstić information content (AvgIpc) is 2.49. The van der Waals surface area contributed by atoms with Crippen molar-refractivity contribution in [1.82, 2.24) is 0 Å². The van der Waals surface area contributed by atoms with Crippen molar-refractivity contribution in [3.05, 3.63) is 0 Å². The molecular weight excluding hydrogens is 492 g/mol. The molecule has 0 radical (unpaired) electrons. The molecule has 0 saturated heterocycles. The maximum absolute atomic E-state index is 14.5. The molecule has 0 aliphatic heterocycles. The number of alkyl halides is 16. The van der Waals surface area contributed by atoms with Crippen molar-refractivity contribution in [2.75, 3.05) is 0 Å². The summed E-state index contributed by atoms with van der Waals surface area (Å²) in [5, 5.41) is 0. The zero-order valence-corrected chi connectivity index (χ0v) is 15.1. The van der Waals surface area contributed by atoms with Crippen molar-refractivity contribution in [2.24, 2.45) is 5.92 Å². The zero-order chi connectivity index (χ0) is 25.6. The number of halogens is 16. The first-order valence-electron chi connectivity index (χ1n) is 7.49. The Balaban J connectivity index is 6.74. The van der Waals surface area contributed by atoms with E-state index in [0.717, 1.165) is 0 Å². The van der Waals surface area contributed by atoms with E-state index in [2.05, 4.69) is 9.47 Å². The van der Waals surface area contributed by atoms with E-state index in [-0.39, 0.29) is 13.8 Å². The Morgan fingerprint density at radius 2 is 1.03 bits per heavy atom. The molecule has 0 amide bonds. The molecule has 2 atom stereocenters. The quantitative estimate of drug-likeness (QED) is 0.311. The standard InChI is InChI=1S/C13H12F16O2/c1-4(2)8(18,19)13(29,12(27,28)7(3,16)17)31-10(23,24)5(9(20,21)22)30-11(25,26)6(14)15/h4-6H,1-3H3. The first-order chi connectivity index (χ1) is 13.2. The summed E-state index contributed by atoms with van der Waals surface area (Å²) in [6, 6.07) is 0. The van der Waals surface area contributed by atoms with Crippen molar-refractivity contribution in [2.45, 2.75) is 75.3 Å². The van der Waals surface area contributed by atoms with Gasteiger partial charge >= 0.3 is 48.4 Å². The van der Waals surface area contributed by atoms with Gasteiger partial charge in [0.05, 0.1) is 0 Å². The number of ether oxygens (including phenoxy) is 2. The maximum atomic E-state index is 14.5. The number of hydrogen-bond donors (Lipinski definition) is 0. The summed E-state index contributed by atoms with van der Waals surface area (Å²) in [4.78, 5) is 0. The fourth-order valence-corrected chi connectivity index (χ4v) is 1.77. The highest BCUT2D eigenvalue weighted by molar-refractivity contribution is 5.05. The summed E-state index contributed by atoms with van der Waals surface area (Å²) in [6.07, 6.45) is -31.5. The molecule has 18 heteroatoms. The molecule has 31 heavy (non-hydrogen) atoms. The first kappa shape index (κ1) is 29.8. The van der Waals surface area contributed by atoms with Crippen molar-refractivity contribution in [3.8, 4) is 0 Å². The monoisotopic (exact) mass is 504 g/mol. The molecule has 2 unspecified atom stereocenters. The smallest absolute Gasteiger partial charge is 0.294 e. The summed E-state index contributed by atoms with van der Waals surface area (Å²) in [5.41, 5.74) is 0. The van der Waals surface area contributed by atoms with Crippen LogP contribution >= 0.6 is 0 Å². The van der Waals surface area contributed by atoms with Crippen LogP contribution in [0.5, 0.6) is 0 Å². The van der Waals surface area contributed by atoms with Gasteiger partial charge in [0, 0.05) is 12.8 Å². The Bertz CT molecular complexity index is 608. The Labute approximate surface area is 162 Å². The SMILES string of the molecule is CC(C)C(F)(F)C(F)(OC(F)(F)C(OC(F)(F)C(F)F)C(F)(F)F)C(F)(F)C(C)(F)F. The second kappa shape index (κ2) is 8.30. The molecule has 0 rings (SSSR count). The third kappa shape index (κ3) is 5.60. The molecule has 0 aromatic heterocycles. The normalized spacial score (nSPS) is 18.5. The highest BCUT2D eigenvalue weighted by atomic mass is 19.4. The lowest BCUT2D eigenvalue weighted by atomic mass is 9.90. The highest BCUT2D eigenvalue weighted by Crippen LogP contribution is 2.57. The van der Waals surface area contributed by atoms with Crippen LogP contribution in [0, 0.1) is 5.92 Å². The van der Waals surface area contributed by atoms with Gasteiger partial charge in [-0.15, -0.1) is 0 Å². The van der Waals surface area contributed by atoms with E-state index in [4.69, 9.17) is 0 Å². The maximum Gasteiger partial charge on any atom is 0.423 e. The predicted octanol–water partition coefficient (Wildman–Crippen LogP) is 6.65. The van der Waals surface area contributed by atoms with Crippen LogP contribution in [0.4, 0.5) is 70.2 Å². The topological polar surface area (TPSA) is 18.5 Å². The predicted molar refractivity (Wildman–Crippen MR) is 67.1 cm³/mol. The van der Waals surface area contributed by atoms with Gasteiger partial charge in [0.25, 0.3) is 0 Å². The van der Waals surface area contributed by atoms with Gasteiger partial charge in [0.1, 0.15) is 0 Å². The van der Waals surface area contributed by atoms with E-state index in [9.17, 15) is 70.2 Å². The second-order valence-corrected chi connectivity index (χ2v) is 6.40. The van der Waals surface area contributed by atoms with Gasteiger partial charge in [0.15, 0.2) is 0 Å². The fourth-order valence-electron chi connectivity index (χ4n) is 1.77. The third-order valence-corrected chi connectivity index (χ3v) is 3.52. The summed E-state index contributed by atoms with van der Waals surface area (Å²) < 4.78 is 215. The van der Waals surface area contributed by atoms with Gasteiger partial charge < -0.3 is 0 Å². The molecule has 0 N–H and O–H groups in total. The minimum absolute atomic E-state index is 0.0718. The van der Waals surface area contributed by atoms with Crippen molar-refractivity contribution < 1.29 is 79.7 Å². The molecule has 0 fully saturated rings. The van der Waals surface area contributed by atoms with E-state index in [1.165, 1.54) is 0 Å². The average molecular weight is 504 g/mol. The van der Waals surface area contributed by atoms with E-state index in [1.54, 1.807) is 0 Å². The van der Waals surface area contributed by atoms with E-state index in [0.29, 0.717) is 0 Å². The molecule has 0 aromatic carbocycles. The molecule has 0 aliphatic carbocycles. The van der Waals surface area contributed by atoms with Crippen LogP contribution in [0.15, 0.2) is 0 Å². The van der Waals surface area contributed by atoms with Crippen LogP contribution in [-0.4, -0.2) is 54.5 Å². The second-order valence-electron chi connectivity index (χ2n) is 6.40. The summed E-state index contributed by atoms with van der Waals surface area (Å²) >= 11 is 0. The zero-order valence-electron chi connectivity index (χ0n) is 15.1. The first-order valence-corrected chi connectivity index (χ1v) is 7.49. The van der Waals surface area contributed by atoms with Gasteiger partial charge in [-0.2, -0.15) is 61.5 Å². The van der Waals surface area contributed by atoms with Gasteiger partial charge in [-0.25, -0.2) is 8.78 Å². The summed E-state index contributed by atoms with van der Waals surface area (Å²) in [5.74, 6) is -29.1. The van der Waals surface area contributed by atoms with Crippen LogP contribution in [0.1, 0.15) is 20.8 Å². The summed E-state index contributed by atoms with van der Waals surface area (Å²) in [7, 11) is 0. The van der Waals surface area contributed by atoms with Gasteiger partial charge in [-0.3, -0.25) is 9.47 Å². The molecule has 0 bridgehead atoms. The Morgan fingerprint density at radius 1 is 0.645 bits per heavy atom. The van der Waals surface area contributed by atoms with Crippen LogP contribution in [0.3, 0.4) is 0 Å². The third-order valence-electron chi connectivity index (χ3n) is 3.52. The van der Waals surface area contributed by atoms with E-state index < -0.39 is 67.4 Å². The largest absolute Gasteiger partial charge is 0.423 e. The Kier molecular flexibility index (Phi) is 7.97. The van der Waals surface area contributed by atoms with Gasteiger partial charge in [0.2, 0.25) is 6.10 Å². The van der Waals surface area contributed by atoms with E-state index in [1.807, 2.05) is 0 Å². The Hall–Kier alpha value is -1.20. The van der Waals surface area contributed by atoms with Crippen LogP contribution in [0.25, 0.3) is 0 Å². The minimum atomic E-state index is -7.08. The summed E-state index contributed by atoms with van der Waals surface area (Å²) in [6.45, 7) is -0.854. The molecule has 0 heterocycles. The molecule has 2 nitrogen and oxygen atoms in total. The lowest BCUT2D eigenvalue weighted by molar-refractivity contribution is -0.500. The van der Waals surface area contributed by atoms with Crippen molar-refractivity contribution >= 4 is 0 Å². The fraction of sp³-hybridized carbons (Fsp3) is 1.00. The van der Waals surface area contributed by atoms with E-state index >= 15 is 0 Å². The highest BCUT2D eigenvalue weighted by Gasteiger charge is 2.82. The molecule has 0 aliphatic rings. The molecule has 0 saturated carbocycles. The van der Waals surface area contributed by atoms with Crippen LogP contribution < -0.4 is 0 Å². The number of hydrogen-bond acceptors (Lipinski definition) is 2. The number of rotatable bonds is 10. The lowest BCUT2D eigenvalue weighted by Crippen LogP contribution is -2.70. The van der Waals surface area contributed by atoms with Crippen LogP contribution in [-0.2, 0) is 9.47 Å². The Morgan fingerprint density at radius 3 is 1.29 bits per heavy atom. The molecule has 188 valence electrons. The van der Waals surface area contributed by atoms with Crippen molar-refractivity contribution in [3.63, 3.8) is 0 Å². The van der Waals surface area contributed by atoms with Crippen molar-refractivity contribution in [1.29, 1.82) is 0 Å². The molecular formula is C13H12F16O2. The molecule has 0 spiro atoms. The lowest BCUT2D eigenvalue weighted by Gasteiger charge is -2.44. The van der Waals surface area contributed by atoms with Crippen LogP contribution in [0.2, 0.25) is 0 Å².